The van der Waals surface area contributed by atoms with E-state index in [0.29, 0.717) is 30.5 Å². The Morgan fingerprint density at radius 3 is 2.50 bits per heavy atom. The van der Waals surface area contributed by atoms with Crippen LogP contribution in [0.3, 0.4) is 0 Å². The number of hydrogen-bond acceptors (Lipinski definition) is 5. The number of ketones is 1. The second-order valence-corrected chi connectivity index (χ2v) is 7.31. The number of carbonyl (C=O) groups excluding carboxylic acids is 2. The lowest BCUT2D eigenvalue weighted by atomic mass is 9.75. The third kappa shape index (κ3) is 3.38. The number of nitrogens with zero attached hydrogens (tertiary/aromatic N) is 1. The number of rotatable bonds is 4. The largest absolute Gasteiger partial charge is 0.463 e. The Hall–Kier alpha value is -3.41. The molecule has 2 aromatic carbocycles. The first kappa shape index (κ1) is 19.9. The molecule has 1 aliphatic carbocycles. The molecule has 154 valence electrons. The van der Waals surface area contributed by atoms with E-state index in [1.807, 2.05) is 30.3 Å². The molecule has 0 fully saturated rings. The lowest BCUT2D eigenvalue weighted by molar-refractivity contribution is -0.138. The fraction of sp³-hybridized carbons (Fsp3) is 0.250. The SMILES string of the molecule is CCOC(=O)C1=C(N)N(c2ccc(F)cc2)C2=C(C(=O)CCC2)[C@@H]1c1ccccc1. The van der Waals surface area contributed by atoms with Crippen molar-refractivity contribution in [2.75, 3.05) is 11.5 Å². The average Bonchev–Trinajstić information content (AvgIpc) is 2.75. The molecule has 0 amide bonds. The molecule has 2 aromatic rings. The number of esters is 1. The number of ether oxygens (including phenoxy) is 1. The van der Waals surface area contributed by atoms with E-state index in [0.717, 1.165) is 11.3 Å². The zero-order chi connectivity index (χ0) is 21.3. The van der Waals surface area contributed by atoms with Gasteiger partial charge in [0.25, 0.3) is 0 Å². The van der Waals surface area contributed by atoms with Crippen LogP contribution in [0.15, 0.2) is 77.3 Å². The van der Waals surface area contributed by atoms with E-state index in [9.17, 15) is 14.0 Å². The van der Waals surface area contributed by atoms with Crippen molar-refractivity contribution in [2.24, 2.45) is 5.73 Å². The Morgan fingerprint density at radius 2 is 1.83 bits per heavy atom. The summed E-state index contributed by atoms with van der Waals surface area (Å²) in [5.74, 6) is -1.32. The van der Waals surface area contributed by atoms with Crippen molar-refractivity contribution >= 4 is 17.4 Å². The van der Waals surface area contributed by atoms with E-state index in [2.05, 4.69) is 0 Å². The topological polar surface area (TPSA) is 72.6 Å². The Kier molecular flexibility index (Phi) is 5.40. The van der Waals surface area contributed by atoms with Gasteiger partial charge >= 0.3 is 5.97 Å². The smallest absolute Gasteiger partial charge is 0.338 e. The second-order valence-electron chi connectivity index (χ2n) is 7.31. The number of Topliss-reactive ketones (excluding diaryl/α,β-unsaturated/α-hetero) is 1. The van der Waals surface area contributed by atoms with E-state index >= 15 is 0 Å². The van der Waals surface area contributed by atoms with Crippen LogP contribution >= 0.6 is 0 Å². The summed E-state index contributed by atoms with van der Waals surface area (Å²) in [6.07, 6.45) is 1.74. The molecule has 0 saturated heterocycles. The van der Waals surface area contributed by atoms with Crippen LogP contribution in [0.4, 0.5) is 10.1 Å². The van der Waals surface area contributed by atoms with Crippen LogP contribution in [-0.2, 0) is 14.3 Å². The predicted octanol–water partition coefficient (Wildman–Crippen LogP) is 4.17. The molecule has 0 unspecified atom stereocenters. The summed E-state index contributed by atoms with van der Waals surface area (Å²) in [5, 5.41) is 0. The molecular weight excluding hydrogens is 383 g/mol. The second kappa shape index (κ2) is 8.14. The quantitative estimate of drug-likeness (QED) is 0.772. The van der Waals surface area contributed by atoms with Gasteiger partial charge < -0.3 is 10.5 Å². The average molecular weight is 406 g/mol. The summed E-state index contributed by atoms with van der Waals surface area (Å²) < 4.78 is 18.9. The first-order valence-corrected chi connectivity index (χ1v) is 10.1. The summed E-state index contributed by atoms with van der Waals surface area (Å²) in [4.78, 5) is 27.8. The molecule has 5 nitrogen and oxygen atoms in total. The van der Waals surface area contributed by atoms with Crippen molar-refractivity contribution in [1.82, 2.24) is 0 Å². The number of nitrogens with two attached hydrogens (primary N) is 1. The Balaban J connectivity index is 1.98. The summed E-state index contributed by atoms with van der Waals surface area (Å²) in [5.41, 5.74) is 9.54. The minimum absolute atomic E-state index is 0.00786. The van der Waals surface area contributed by atoms with Crippen LogP contribution in [0.5, 0.6) is 0 Å². The van der Waals surface area contributed by atoms with Crippen LogP contribution in [-0.4, -0.2) is 18.4 Å². The van der Waals surface area contributed by atoms with Gasteiger partial charge in [0.1, 0.15) is 11.6 Å². The van der Waals surface area contributed by atoms with Crippen LogP contribution < -0.4 is 10.6 Å². The van der Waals surface area contributed by atoms with Crippen LogP contribution in [0.25, 0.3) is 0 Å². The number of hydrogen-bond donors (Lipinski definition) is 1. The Morgan fingerprint density at radius 1 is 1.13 bits per heavy atom. The first-order chi connectivity index (χ1) is 14.5. The molecule has 1 heterocycles. The van der Waals surface area contributed by atoms with Crippen LogP contribution in [0.1, 0.15) is 37.7 Å². The van der Waals surface area contributed by atoms with Gasteiger partial charge in [0.05, 0.1) is 18.1 Å². The maximum Gasteiger partial charge on any atom is 0.338 e. The molecule has 0 radical (unpaired) electrons. The Labute approximate surface area is 174 Å². The molecule has 0 bridgehead atoms. The highest BCUT2D eigenvalue weighted by Crippen LogP contribution is 2.46. The van der Waals surface area contributed by atoms with Crippen molar-refractivity contribution < 1.29 is 18.7 Å². The summed E-state index contributed by atoms with van der Waals surface area (Å²) in [6.45, 7) is 1.91. The first-order valence-electron chi connectivity index (χ1n) is 10.1. The molecule has 0 aromatic heterocycles. The van der Waals surface area contributed by atoms with E-state index in [1.165, 1.54) is 12.1 Å². The van der Waals surface area contributed by atoms with Crippen molar-refractivity contribution in [3.05, 3.63) is 88.6 Å². The number of carbonyl (C=O) groups is 2. The van der Waals surface area contributed by atoms with Gasteiger partial charge in [-0.05, 0) is 49.6 Å². The maximum atomic E-state index is 13.5. The van der Waals surface area contributed by atoms with Crippen LogP contribution in [0, 0.1) is 5.82 Å². The minimum atomic E-state index is -0.593. The summed E-state index contributed by atoms with van der Waals surface area (Å²) in [6, 6.07) is 15.2. The van der Waals surface area contributed by atoms with E-state index in [1.54, 1.807) is 24.0 Å². The molecule has 1 atom stereocenters. The summed E-state index contributed by atoms with van der Waals surface area (Å²) in [7, 11) is 0. The van der Waals surface area contributed by atoms with Crippen molar-refractivity contribution in [2.45, 2.75) is 32.1 Å². The highest BCUT2D eigenvalue weighted by Gasteiger charge is 2.42. The molecule has 0 spiro atoms. The van der Waals surface area contributed by atoms with Gasteiger partial charge in [0.2, 0.25) is 0 Å². The van der Waals surface area contributed by atoms with Gasteiger partial charge in [-0.1, -0.05) is 30.3 Å². The fourth-order valence-corrected chi connectivity index (χ4v) is 4.26. The zero-order valence-corrected chi connectivity index (χ0v) is 16.7. The third-order valence-electron chi connectivity index (χ3n) is 5.51. The molecule has 4 rings (SSSR count). The number of allylic oxidation sites excluding steroid dienone is 2. The highest BCUT2D eigenvalue weighted by molar-refractivity contribution is 6.05. The molecule has 30 heavy (non-hydrogen) atoms. The third-order valence-corrected chi connectivity index (χ3v) is 5.51. The van der Waals surface area contributed by atoms with E-state index in [-0.39, 0.29) is 29.6 Å². The molecule has 2 aliphatic rings. The lowest BCUT2D eigenvalue weighted by Gasteiger charge is -2.40. The Bertz CT molecular complexity index is 1040. The van der Waals surface area contributed by atoms with Crippen molar-refractivity contribution in [3.8, 4) is 0 Å². The molecular formula is C24H23FN2O3. The number of benzene rings is 2. The van der Waals surface area contributed by atoms with E-state index in [4.69, 9.17) is 10.5 Å². The van der Waals surface area contributed by atoms with Crippen molar-refractivity contribution in [1.29, 1.82) is 0 Å². The van der Waals surface area contributed by atoms with Gasteiger partial charge in [-0.2, -0.15) is 0 Å². The van der Waals surface area contributed by atoms with Gasteiger partial charge in [-0.15, -0.1) is 0 Å². The van der Waals surface area contributed by atoms with Crippen molar-refractivity contribution in [3.63, 3.8) is 0 Å². The van der Waals surface area contributed by atoms with Gasteiger partial charge in [-0.25, -0.2) is 9.18 Å². The van der Waals surface area contributed by atoms with Gasteiger partial charge in [-0.3, -0.25) is 9.69 Å². The molecule has 0 saturated carbocycles. The minimum Gasteiger partial charge on any atom is -0.463 e. The number of anilines is 1. The standard InChI is InChI=1S/C24H23FN2O3/c1-2-30-24(29)22-20(15-7-4-3-5-8-15)21-18(9-6-10-19(21)28)27(23(22)26)17-13-11-16(25)12-14-17/h3-5,7-8,11-14,20H,2,6,9-10,26H2,1H3/t20-/m0/s1. The molecule has 2 N–H and O–H groups in total. The fourth-order valence-electron chi connectivity index (χ4n) is 4.26. The van der Waals surface area contributed by atoms with Crippen LogP contribution in [0.2, 0.25) is 0 Å². The molecule has 6 heteroatoms. The van der Waals surface area contributed by atoms with E-state index < -0.39 is 11.9 Å². The van der Waals surface area contributed by atoms with Gasteiger partial charge in [0.15, 0.2) is 5.78 Å². The maximum absolute atomic E-state index is 13.5. The summed E-state index contributed by atoms with van der Waals surface area (Å²) >= 11 is 0. The lowest BCUT2D eigenvalue weighted by Crippen LogP contribution is -2.41. The van der Waals surface area contributed by atoms with Gasteiger partial charge in [0, 0.05) is 23.4 Å². The molecule has 1 aliphatic heterocycles. The normalized spacial score (nSPS) is 19.1. The highest BCUT2D eigenvalue weighted by atomic mass is 19.1. The monoisotopic (exact) mass is 406 g/mol. The zero-order valence-electron chi connectivity index (χ0n) is 16.7. The number of halogens is 1. The predicted molar refractivity (Wildman–Crippen MR) is 112 cm³/mol.